The number of ether oxygens (including phenoxy) is 1. The lowest BCUT2D eigenvalue weighted by molar-refractivity contribution is 0.0855. The van der Waals surface area contributed by atoms with Crippen LogP contribution in [0.3, 0.4) is 0 Å². The van der Waals surface area contributed by atoms with Gasteiger partial charge >= 0.3 is 0 Å². The lowest BCUT2D eigenvalue weighted by Crippen LogP contribution is -2.32. The Bertz CT molecular complexity index is 586. The molecule has 1 aliphatic heterocycles. The summed E-state index contributed by atoms with van der Waals surface area (Å²) in [6.07, 6.45) is 3.81. The van der Waals surface area contributed by atoms with Crippen molar-refractivity contribution in [2.75, 3.05) is 5.73 Å². The number of nitrogens with one attached hydrogen (secondary N) is 1. The summed E-state index contributed by atoms with van der Waals surface area (Å²) in [6.45, 7) is 4.23. The van der Waals surface area contributed by atoms with Gasteiger partial charge in [0.1, 0.15) is 17.2 Å². The second-order valence-corrected chi connectivity index (χ2v) is 5.35. The Kier molecular flexibility index (Phi) is 2.33. The van der Waals surface area contributed by atoms with Gasteiger partial charge in [0.05, 0.1) is 6.20 Å². The van der Waals surface area contributed by atoms with Crippen LogP contribution in [0, 0.1) is 0 Å². The average molecular weight is 243 g/mol. The van der Waals surface area contributed by atoms with Crippen molar-refractivity contribution in [3.8, 4) is 16.9 Å². The number of nitrogens with zero attached hydrogens (tertiary/aromatic N) is 1. The highest BCUT2D eigenvalue weighted by Gasteiger charge is 2.28. The number of aryl methyl sites for hydroxylation is 1. The molecule has 0 atom stereocenters. The Labute approximate surface area is 106 Å². The molecule has 0 bridgehead atoms. The normalized spacial score (nSPS) is 17.0. The van der Waals surface area contributed by atoms with Crippen molar-refractivity contribution in [2.45, 2.75) is 32.3 Å². The number of aromatic nitrogens is 2. The summed E-state index contributed by atoms with van der Waals surface area (Å²) in [4.78, 5) is 0. The molecule has 0 aliphatic carbocycles. The smallest absolute Gasteiger partial charge is 0.131 e. The van der Waals surface area contributed by atoms with E-state index in [4.69, 9.17) is 10.5 Å². The Hall–Kier alpha value is -1.97. The first-order valence-corrected chi connectivity index (χ1v) is 6.17. The molecule has 0 fully saturated rings. The molecule has 2 heterocycles. The molecular weight excluding hydrogens is 226 g/mol. The van der Waals surface area contributed by atoms with Crippen molar-refractivity contribution in [1.82, 2.24) is 10.2 Å². The van der Waals surface area contributed by atoms with Gasteiger partial charge in [-0.3, -0.25) is 5.10 Å². The van der Waals surface area contributed by atoms with Gasteiger partial charge < -0.3 is 10.5 Å². The lowest BCUT2D eigenvalue weighted by atomic mass is 9.91. The molecule has 18 heavy (non-hydrogen) atoms. The van der Waals surface area contributed by atoms with Gasteiger partial charge in [-0.25, -0.2) is 0 Å². The van der Waals surface area contributed by atoms with Crippen molar-refractivity contribution in [1.29, 1.82) is 0 Å². The number of aromatic amines is 1. The number of fused-ring (bicyclic) bond motifs is 1. The summed E-state index contributed by atoms with van der Waals surface area (Å²) >= 11 is 0. The second-order valence-electron chi connectivity index (χ2n) is 5.35. The summed E-state index contributed by atoms with van der Waals surface area (Å²) < 4.78 is 6.13. The number of H-pyrrole nitrogens is 1. The first-order chi connectivity index (χ1) is 8.57. The van der Waals surface area contributed by atoms with Crippen LogP contribution in [0.1, 0.15) is 25.8 Å². The zero-order valence-corrected chi connectivity index (χ0v) is 10.7. The fourth-order valence-corrected chi connectivity index (χ4v) is 2.39. The molecule has 1 aliphatic rings. The number of para-hydroxylation sites is 1. The third kappa shape index (κ3) is 1.74. The number of nitrogen functional groups attached to an aromatic ring is 1. The summed E-state index contributed by atoms with van der Waals surface area (Å²) in [5.41, 5.74) is 8.95. The third-order valence-corrected chi connectivity index (χ3v) is 3.43. The van der Waals surface area contributed by atoms with E-state index in [0.717, 1.165) is 29.7 Å². The van der Waals surface area contributed by atoms with Crippen LogP contribution in [0.2, 0.25) is 0 Å². The van der Waals surface area contributed by atoms with E-state index < -0.39 is 0 Å². The van der Waals surface area contributed by atoms with Crippen LogP contribution in [0.4, 0.5) is 5.82 Å². The van der Waals surface area contributed by atoms with Crippen molar-refractivity contribution in [3.05, 3.63) is 30.0 Å². The Morgan fingerprint density at radius 3 is 2.89 bits per heavy atom. The van der Waals surface area contributed by atoms with E-state index in [1.807, 2.05) is 12.1 Å². The van der Waals surface area contributed by atoms with Crippen molar-refractivity contribution < 1.29 is 4.74 Å². The maximum absolute atomic E-state index is 6.13. The number of nitrogens with two attached hydrogens (primary N) is 1. The van der Waals surface area contributed by atoms with E-state index in [-0.39, 0.29) is 5.60 Å². The van der Waals surface area contributed by atoms with E-state index in [1.165, 1.54) is 5.56 Å². The monoisotopic (exact) mass is 243 g/mol. The first kappa shape index (κ1) is 11.1. The van der Waals surface area contributed by atoms with Crippen LogP contribution >= 0.6 is 0 Å². The minimum atomic E-state index is -0.123. The fraction of sp³-hybridized carbons (Fsp3) is 0.357. The van der Waals surface area contributed by atoms with Gasteiger partial charge in [0.25, 0.3) is 0 Å². The molecule has 1 aromatic heterocycles. The van der Waals surface area contributed by atoms with Gasteiger partial charge in [-0.05, 0) is 32.3 Å². The summed E-state index contributed by atoms with van der Waals surface area (Å²) in [5, 5.41) is 6.74. The topological polar surface area (TPSA) is 63.9 Å². The molecular formula is C14H17N3O. The predicted molar refractivity (Wildman–Crippen MR) is 71.5 cm³/mol. The molecule has 0 spiro atoms. The van der Waals surface area contributed by atoms with Gasteiger partial charge in [-0.1, -0.05) is 18.2 Å². The maximum Gasteiger partial charge on any atom is 0.131 e. The Morgan fingerprint density at radius 2 is 2.17 bits per heavy atom. The number of anilines is 1. The molecule has 0 saturated heterocycles. The number of benzene rings is 1. The second kappa shape index (κ2) is 3.77. The number of hydrogen-bond donors (Lipinski definition) is 2. The third-order valence-electron chi connectivity index (χ3n) is 3.43. The van der Waals surface area contributed by atoms with Crippen LogP contribution in [-0.4, -0.2) is 15.8 Å². The standard InChI is InChI=1S/C14H17N3O/c1-14(2)7-6-9-4-3-5-10(12(9)18-14)11-8-16-17-13(11)15/h3-5,8H,6-7H2,1-2H3,(H3,15,16,17). The van der Waals surface area contributed by atoms with E-state index >= 15 is 0 Å². The molecule has 1 aromatic carbocycles. The van der Waals surface area contributed by atoms with Crippen LogP contribution in [-0.2, 0) is 6.42 Å². The molecule has 4 heteroatoms. The molecule has 0 amide bonds. The molecule has 3 N–H and O–H groups in total. The Balaban J connectivity index is 2.15. The molecule has 0 radical (unpaired) electrons. The molecule has 0 unspecified atom stereocenters. The lowest BCUT2D eigenvalue weighted by Gasteiger charge is -2.33. The fourth-order valence-electron chi connectivity index (χ4n) is 2.39. The van der Waals surface area contributed by atoms with Gasteiger partial charge in [0, 0.05) is 11.1 Å². The van der Waals surface area contributed by atoms with Crippen molar-refractivity contribution in [3.63, 3.8) is 0 Å². The van der Waals surface area contributed by atoms with Crippen LogP contribution < -0.4 is 10.5 Å². The highest BCUT2D eigenvalue weighted by Crippen LogP contribution is 2.41. The maximum atomic E-state index is 6.13. The first-order valence-electron chi connectivity index (χ1n) is 6.17. The van der Waals surface area contributed by atoms with E-state index in [0.29, 0.717) is 5.82 Å². The highest BCUT2D eigenvalue weighted by atomic mass is 16.5. The number of hydrogen-bond acceptors (Lipinski definition) is 3. The van der Waals surface area contributed by atoms with Gasteiger partial charge in [-0.15, -0.1) is 0 Å². The molecule has 2 aromatic rings. The van der Waals surface area contributed by atoms with E-state index in [1.54, 1.807) is 6.20 Å². The molecule has 3 rings (SSSR count). The van der Waals surface area contributed by atoms with Crippen LogP contribution in [0.15, 0.2) is 24.4 Å². The summed E-state index contributed by atoms with van der Waals surface area (Å²) in [6, 6.07) is 6.19. The highest BCUT2D eigenvalue weighted by molar-refractivity contribution is 5.79. The Morgan fingerprint density at radius 1 is 1.33 bits per heavy atom. The molecule has 94 valence electrons. The van der Waals surface area contributed by atoms with Gasteiger partial charge in [0.15, 0.2) is 0 Å². The van der Waals surface area contributed by atoms with E-state index in [9.17, 15) is 0 Å². The summed E-state index contributed by atoms with van der Waals surface area (Å²) in [5.74, 6) is 1.53. The minimum absolute atomic E-state index is 0.123. The summed E-state index contributed by atoms with van der Waals surface area (Å²) in [7, 11) is 0. The van der Waals surface area contributed by atoms with Crippen LogP contribution in [0.5, 0.6) is 5.75 Å². The number of rotatable bonds is 1. The zero-order chi connectivity index (χ0) is 12.8. The molecule has 4 nitrogen and oxygen atoms in total. The van der Waals surface area contributed by atoms with E-state index in [2.05, 4.69) is 30.1 Å². The quantitative estimate of drug-likeness (QED) is 0.809. The van der Waals surface area contributed by atoms with Crippen molar-refractivity contribution in [2.24, 2.45) is 0 Å². The molecule has 0 saturated carbocycles. The minimum Gasteiger partial charge on any atom is -0.487 e. The zero-order valence-electron chi connectivity index (χ0n) is 10.7. The van der Waals surface area contributed by atoms with Gasteiger partial charge in [-0.2, -0.15) is 5.10 Å². The van der Waals surface area contributed by atoms with Crippen LogP contribution in [0.25, 0.3) is 11.1 Å². The predicted octanol–water partition coefficient (Wildman–Crippen LogP) is 2.76. The average Bonchev–Trinajstić information content (AvgIpc) is 2.73. The van der Waals surface area contributed by atoms with Crippen molar-refractivity contribution >= 4 is 5.82 Å². The van der Waals surface area contributed by atoms with Gasteiger partial charge in [0.2, 0.25) is 0 Å². The SMILES string of the molecule is CC1(C)CCc2cccc(-c3cn[nH]c3N)c2O1. The largest absolute Gasteiger partial charge is 0.487 e.